The minimum atomic E-state index is -2.94. The van der Waals surface area contributed by atoms with E-state index in [-0.39, 0.29) is 0 Å². The number of nitrogens with one attached hydrogen (secondary N) is 2. The van der Waals surface area contributed by atoms with Gasteiger partial charge in [-0.25, -0.2) is 13.1 Å². The minimum absolute atomic E-state index is 0.301. The number of fused-ring (bicyclic) bond motifs is 1. The Morgan fingerprint density at radius 2 is 1.83 bits per heavy atom. The van der Waals surface area contributed by atoms with E-state index in [1.807, 2.05) is 0 Å². The van der Waals surface area contributed by atoms with Crippen LogP contribution < -0.4 is 10.0 Å². The zero-order valence-corrected chi connectivity index (χ0v) is 7.73. The van der Waals surface area contributed by atoms with Crippen LogP contribution in [0.2, 0.25) is 0 Å². The molecule has 2 heterocycles. The van der Waals surface area contributed by atoms with Gasteiger partial charge in [0.05, 0.1) is 5.75 Å². The Morgan fingerprint density at radius 3 is 2.67 bits per heavy atom. The highest BCUT2D eigenvalue weighted by Crippen LogP contribution is 2.22. The Bertz CT molecular complexity index is 243. The van der Waals surface area contributed by atoms with E-state index in [0.29, 0.717) is 24.1 Å². The molecule has 2 unspecified atom stereocenters. The van der Waals surface area contributed by atoms with Crippen molar-refractivity contribution in [3.8, 4) is 0 Å². The molecule has 0 aromatic rings. The van der Waals surface area contributed by atoms with Gasteiger partial charge in [-0.15, -0.1) is 0 Å². The second-order valence-electron chi connectivity index (χ2n) is 3.63. The maximum absolute atomic E-state index is 11.2. The van der Waals surface area contributed by atoms with Crippen molar-refractivity contribution in [1.82, 2.24) is 10.0 Å². The molecule has 2 N–H and O–H groups in total. The second kappa shape index (κ2) is 2.97. The molecule has 0 aliphatic carbocycles. The number of sulfonamides is 1. The van der Waals surface area contributed by atoms with Gasteiger partial charge in [0, 0.05) is 6.54 Å². The van der Waals surface area contributed by atoms with Crippen LogP contribution in [0.1, 0.15) is 6.42 Å². The fourth-order valence-corrected chi connectivity index (χ4v) is 3.20. The summed E-state index contributed by atoms with van der Waals surface area (Å²) in [4.78, 5) is 0. The normalized spacial score (nSPS) is 40.3. The first-order valence-electron chi connectivity index (χ1n) is 4.35. The molecule has 0 saturated carbocycles. The summed E-state index contributed by atoms with van der Waals surface area (Å²) in [7, 11) is -2.94. The summed E-state index contributed by atoms with van der Waals surface area (Å²) >= 11 is 0. The van der Waals surface area contributed by atoms with Gasteiger partial charge in [-0.05, 0) is 31.3 Å². The summed E-state index contributed by atoms with van der Waals surface area (Å²) in [5.74, 6) is 1.38. The lowest BCUT2D eigenvalue weighted by Gasteiger charge is -2.11. The van der Waals surface area contributed by atoms with Crippen molar-refractivity contribution in [2.45, 2.75) is 6.42 Å². The number of hydrogen-bond acceptors (Lipinski definition) is 3. The second-order valence-corrected chi connectivity index (χ2v) is 5.56. The molecule has 2 atom stereocenters. The third-order valence-corrected chi connectivity index (χ3v) is 4.18. The van der Waals surface area contributed by atoms with Crippen LogP contribution in [0.4, 0.5) is 0 Å². The quantitative estimate of drug-likeness (QED) is 0.523. The minimum Gasteiger partial charge on any atom is -0.316 e. The molecule has 0 bridgehead atoms. The summed E-state index contributed by atoms with van der Waals surface area (Å²) in [5, 5.41) is 3.28. The molecule has 0 aromatic heterocycles. The molecule has 2 saturated heterocycles. The fraction of sp³-hybridized carbons (Fsp3) is 1.00. The molecule has 0 amide bonds. The van der Waals surface area contributed by atoms with Crippen LogP contribution in [0.25, 0.3) is 0 Å². The lowest BCUT2D eigenvalue weighted by molar-refractivity contribution is 0.420. The fourth-order valence-electron chi connectivity index (χ4n) is 1.98. The lowest BCUT2D eigenvalue weighted by Crippen LogP contribution is -2.29. The molecule has 5 heteroatoms. The Balaban J connectivity index is 2.09. The van der Waals surface area contributed by atoms with Crippen molar-refractivity contribution in [2.24, 2.45) is 11.8 Å². The van der Waals surface area contributed by atoms with Gasteiger partial charge in [0.1, 0.15) is 0 Å². The standard InChI is InChI=1S/C7H14N2O2S/c10-12(11)2-1-6-3-8-4-7(6)5-9-12/h6-9H,1-5H2. The summed E-state index contributed by atoms with van der Waals surface area (Å²) in [5.41, 5.74) is 0. The topological polar surface area (TPSA) is 58.2 Å². The lowest BCUT2D eigenvalue weighted by atomic mass is 9.94. The van der Waals surface area contributed by atoms with Gasteiger partial charge in [0.2, 0.25) is 10.0 Å². The van der Waals surface area contributed by atoms with Crippen molar-refractivity contribution in [1.29, 1.82) is 0 Å². The maximum Gasteiger partial charge on any atom is 0.211 e. The van der Waals surface area contributed by atoms with Crippen LogP contribution >= 0.6 is 0 Å². The van der Waals surface area contributed by atoms with Crippen molar-refractivity contribution in [3.63, 3.8) is 0 Å². The zero-order chi connectivity index (χ0) is 8.60. The van der Waals surface area contributed by atoms with Crippen molar-refractivity contribution in [3.05, 3.63) is 0 Å². The monoisotopic (exact) mass is 190 g/mol. The highest BCUT2D eigenvalue weighted by molar-refractivity contribution is 7.89. The Hall–Kier alpha value is -0.130. The van der Waals surface area contributed by atoms with E-state index in [2.05, 4.69) is 10.0 Å². The first-order valence-corrected chi connectivity index (χ1v) is 6.01. The van der Waals surface area contributed by atoms with Gasteiger partial charge in [-0.3, -0.25) is 0 Å². The summed E-state index contributed by atoms with van der Waals surface area (Å²) in [6.45, 7) is 2.58. The Labute approximate surface area is 72.8 Å². The van der Waals surface area contributed by atoms with E-state index in [1.54, 1.807) is 0 Å². The van der Waals surface area contributed by atoms with E-state index < -0.39 is 10.0 Å². The van der Waals surface area contributed by atoms with Gasteiger partial charge in [0.25, 0.3) is 0 Å². The highest BCUT2D eigenvalue weighted by Gasteiger charge is 2.31. The van der Waals surface area contributed by atoms with E-state index in [9.17, 15) is 8.42 Å². The molecule has 2 aliphatic heterocycles. The third kappa shape index (κ3) is 1.62. The van der Waals surface area contributed by atoms with Crippen LogP contribution in [-0.2, 0) is 10.0 Å². The smallest absolute Gasteiger partial charge is 0.211 e. The van der Waals surface area contributed by atoms with Crippen molar-refractivity contribution >= 4 is 10.0 Å². The molecule has 2 aliphatic rings. The molecule has 12 heavy (non-hydrogen) atoms. The highest BCUT2D eigenvalue weighted by atomic mass is 32.2. The third-order valence-electron chi connectivity index (χ3n) is 2.80. The molecular weight excluding hydrogens is 176 g/mol. The average Bonchev–Trinajstić information content (AvgIpc) is 2.40. The van der Waals surface area contributed by atoms with Gasteiger partial charge in [-0.1, -0.05) is 0 Å². The average molecular weight is 190 g/mol. The van der Waals surface area contributed by atoms with Gasteiger partial charge in [0.15, 0.2) is 0 Å². The van der Waals surface area contributed by atoms with E-state index in [4.69, 9.17) is 0 Å². The van der Waals surface area contributed by atoms with Crippen molar-refractivity contribution < 1.29 is 8.42 Å². The molecule has 2 rings (SSSR count). The largest absolute Gasteiger partial charge is 0.316 e. The van der Waals surface area contributed by atoms with E-state index in [1.165, 1.54) is 0 Å². The van der Waals surface area contributed by atoms with Crippen LogP contribution in [0, 0.1) is 11.8 Å². The molecule has 0 radical (unpaired) electrons. The zero-order valence-electron chi connectivity index (χ0n) is 6.91. The Kier molecular flexibility index (Phi) is 2.10. The molecule has 0 aromatic carbocycles. The first kappa shape index (κ1) is 8.47. The first-order chi connectivity index (χ1) is 5.67. The van der Waals surface area contributed by atoms with E-state index in [0.717, 1.165) is 19.5 Å². The molecule has 70 valence electrons. The molecule has 0 spiro atoms. The van der Waals surface area contributed by atoms with Crippen molar-refractivity contribution in [2.75, 3.05) is 25.4 Å². The van der Waals surface area contributed by atoms with Crippen LogP contribution in [0.15, 0.2) is 0 Å². The van der Waals surface area contributed by atoms with Gasteiger partial charge < -0.3 is 5.32 Å². The Morgan fingerprint density at radius 1 is 1.08 bits per heavy atom. The number of rotatable bonds is 0. The predicted octanol–water partition coefficient (Wildman–Crippen LogP) is -0.855. The number of hydrogen-bond donors (Lipinski definition) is 2. The predicted molar refractivity (Wildman–Crippen MR) is 46.3 cm³/mol. The maximum atomic E-state index is 11.2. The molecule has 2 fully saturated rings. The summed E-state index contributed by atoms with van der Waals surface area (Å²) < 4.78 is 25.0. The van der Waals surface area contributed by atoms with Gasteiger partial charge in [-0.2, -0.15) is 0 Å². The molecule has 4 nitrogen and oxygen atoms in total. The summed E-state index contributed by atoms with van der Waals surface area (Å²) in [6.07, 6.45) is 0.813. The van der Waals surface area contributed by atoms with Crippen LogP contribution in [0.5, 0.6) is 0 Å². The van der Waals surface area contributed by atoms with E-state index >= 15 is 0 Å². The SMILES string of the molecule is O=S1(=O)CCC2CNCC2CN1. The summed E-state index contributed by atoms with van der Waals surface area (Å²) in [6, 6.07) is 0. The molecular formula is C7H14N2O2S. The van der Waals surface area contributed by atoms with Gasteiger partial charge >= 0.3 is 0 Å². The van der Waals surface area contributed by atoms with Crippen LogP contribution in [-0.4, -0.2) is 33.8 Å². The van der Waals surface area contributed by atoms with Crippen LogP contribution in [0.3, 0.4) is 0 Å².